The summed E-state index contributed by atoms with van der Waals surface area (Å²) in [5.41, 5.74) is 0.198. The smallest absolute Gasteiger partial charge is 0.333 e. The summed E-state index contributed by atoms with van der Waals surface area (Å²) in [4.78, 5) is 11.5. The molecule has 0 heterocycles. The Labute approximate surface area is 112 Å². The Kier molecular flexibility index (Phi) is 5.47. The fourth-order valence-corrected chi connectivity index (χ4v) is 2.31. The minimum absolute atomic E-state index is 0.0482. The second-order valence-corrected chi connectivity index (χ2v) is 5.41. The van der Waals surface area contributed by atoms with Crippen LogP contribution in [-0.2, 0) is 9.53 Å². The van der Waals surface area contributed by atoms with Crippen LogP contribution in [0, 0.1) is 5.92 Å². The van der Waals surface area contributed by atoms with E-state index in [1.54, 1.807) is 0 Å². The lowest BCUT2D eigenvalue weighted by atomic mass is 9.93. The summed E-state index contributed by atoms with van der Waals surface area (Å²) in [7, 11) is 0. The molecule has 0 amide bonds. The fourth-order valence-electron chi connectivity index (χ4n) is 2.31. The van der Waals surface area contributed by atoms with Crippen LogP contribution in [0.1, 0.15) is 46.0 Å². The van der Waals surface area contributed by atoms with Crippen molar-refractivity contribution >= 4 is 5.97 Å². The third-order valence-corrected chi connectivity index (χ3v) is 3.62. The molecule has 1 aliphatic rings. The van der Waals surface area contributed by atoms with Crippen molar-refractivity contribution in [3.05, 3.63) is 12.2 Å². The number of aliphatic hydroxyl groups is 1. The molecule has 3 nitrogen and oxygen atoms in total. The minimum atomic E-state index is -3.25. The van der Waals surface area contributed by atoms with Crippen molar-refractivity contribution in [3.8, 4) is 0 Å². The lowest BCUT2D eigenvalue weighted by Crippen LogP contribution is -2.39. The van der Waals surface area contributed by atoms with E-state index in [-0.39, 0.29) is 11.5 Å². The van der Waals surface area contributed by atoms with Gasteiger partial charge in [-0.3, -0.25) is 0 Å². The summed E-state index contributed by atoms with van der Waals surface area (Å²) in [5.74, 6) is -3.94. The zero-order chi connectivity index (χ0) is 14.6. The van der Waals surface area contributed by atoms with E-state index in [1.807, 2.05) is 0 Å². The highest BCUT2D eigenvalue weighted by Gasteiger charge is 2.42. The van der Waals surface area contributed by atoms with Gasteiger partial charge in [0.25, 0.3) is 5.92 Å². The van der Waals surface area contributed by atoms with Gasteiger partial charge in [0.15, 0.2) is 0 Å². The molecule has 110 valence electrons. The summed E-state index contributed by atoms with van der Waals surface area (Å²) in [5, 5.41) is 9.11. The van der Waals surface area contributed by atoms with Gasteiger partial charge in [0, 0.05) is 5.57 Å². The fraction of sp³-hybridized carbons (Fsp3) is 0.786. The number of carbonyl (C=O) groups excluding carboxylic acids is 1. The molecule has 1 aliphatic carbocycles. The number of aliphatic hydroxyl groups excluding tert-OH is 1. The molecule has 1 saturated carbocycles. The summed E-state index contributed by atoms with van der Waals surface area (Å²) >= 11 is 0. The van der Waals surface area contributed by atoms with Gasteiger partial charge in [-0.1, -0.05) is 19.4 Å². The highest BCUT2D eigenvalue weighted by atomic mass is 19.3. The lowest BCUT2D eigenvalue weighted by Gasteiger charge is -2.29. The molecule has 5 heteroatoms. The largest absolute Gasteiger partial charge is 0.459 e. The number of hydrogen-bond acceptors (Lipinski definition) is 3. The standard InChI is InChI=1S/C14H22F2O3/c1-9(2)13(18)19-12(11-6-4-5-7-11)8-14(15,16)10(3)17/h10-12,17H,1,4-8H2,2-3H3. The third-order valence-electron chi connectivity index (χ3n) is 3.62. The molecule has 0 aliphatic heterocycles. The van der Waals surface area contributed by atoms with Gasteiger partial charge in [0.2, 0.25) is 0 Å². The summed E-state index contributed by atoms with van der Waals surface area (Å²) < 4.78 is 32.4. The number of esters is 1. The van der Waals surface area contributed by atoms with Crippen LogP contribution in [0.5, 0.6) is 0 Å². The van der Waals surface area contributed by atoms with Crippen molar-refractivity contribution in [3.63, 3.8) is 0 Å². The first kappa shape index (κ1) is 16.1. The quantitative estimate of drug-likeness (QED) is 0.599. The number of alkyl halides is 2. The monoisotopic (exact) mass is 276 g/mol. The Morgan fingerprint density at radius 1 is 1.47 bits per heavy atom. The van der Waals surface area contributed by atoms with E-state index in [2.05, 4.69) is 6.58 Å². The molecule has 0 spiro atoms. The minimum Gasteiger partial charge on any atom is -0.459 e. The highest BCUT2D eigenvalue weighted by Crippen LogP contribution is 2.36. The SMILES string of the molecule is C=C(C)C(=O)OC(CC(F)(F)C(C)O)C1CCCC1. The van der Waals surface area contributed by atoms with Gasteiger partial charge in [-0.05, 0) is 32.6 Å². The molecule has 0 aromatic rings. The number of hydrogen-bond donors (Lipinski definition) is 1. The predicted molar refractivity (Wildman–Crippen MR) is 67.9 cm³/mol. The first-order valence-corrected chi connectivity index (χ1v) is 6.66. The molecule has 0 bridgehead atoms. The molecule has 0 aromatic carbocycles. The third kappa shape index (κ3) is 4.56. The van der Waals surface area contributed by atoms with Gasteiger partial charge in [0.1, 0.15) is 12.2 Å². The van der Waals surface area contributed by atoms with E-state index in [1.165, 1.54) is 6.92 Å². The summed E-state index contributed by atoms with van der Waals surface area (Å²) in [6.45, 7) is 5.99. The second kappa shape index (κ2) is 6.46. The molecule has 2 unspecified atom stereocenters. The average molecular weight is 276 g/mol. The Morgan fingerprint density at radius 3 is 2.42 bits per heavy atom. The van der Waals surface area contributed by atoms with Crippen molar-refractivity contribution in [2.75, 3.05) is 0 Å². The molecule has 0 radical (unpaired) electrons. The molecule has 0 saturated heterocycles. The maximum absolute atomic E-state index is 13.6. The zero-order valence-electron chi connectivity index (χ0n) is 11.5. The highest BCUT2D eigenvalue weighted by molar-refractivity contribution is 5.87. The molecular weight excluding hydrogens is 254 g/mol. The Morgan fingerprint density at radius 2 is 2.00 bits per heavy atom. The van der Waals surface area contributed by atoms with E-state index in [0.29, 0.717) is 0 Å². The molecule has 1 N–H and O–H groups in total. The number of ether oxygens (including phenoxy) is 1. The van der Waals surface area contributed by atoms with Gasteiger partial charge in [-0.25, -0.2) is 13.6 Å². The van der Waals surface area contributed by atoms with Gasteiger partial charge < -0.3 is 9.84 Å². The van der Waals surface area contributed by atoms with Gasteiger partial charge >= 0.3 is 5.97 Å². The van der Waals surface area contributed by atoms with Crippen molar-refractivity contribution < 1.29 is 23.4 Å². The number of halogens is 2. The zero-order valence-corrected chi connectivity index (χ0v) is 11.5. The van der Waals surface area contributed by atoms with Crippen LogP contribution >= 0.6 is 0 Å². The van der Waals surface area contributed by atoms with E-state index >= 15 is 0 Å². The lowest BCUT2D eigenvalue weighted by molar-refractivity contribution is -0.162. The molecular formula is C14H22F2O3. The van der Waals surface area contributed by atoms with E-state index in [9.17, 15) is 13.6 Å². The Balaban J connectivity index is 2.74. The van der Waals surface area contributed by atoms with Crippen LogP contribution in [0.25, 0.3) is 0 Å². The normalized spacial score (nSPS) is 20.1. The van der Waals surface area contributed by atoms with Gasteiger partial charge in [0.05, 0.1) is 6.42 Å². The van der Waals surface area contributed by atoms with Gasteiger partial charge in [-0.15, -0.1) is 0 Å². The molecule has 0 aromatic heterocycles. The first-order valence-electron chi connectivity index (χ1n) is 6.66. The number of rotatable bonds is 6. The Hall–Kier alpha value is -0.970. The van der Waals surface area contributed by atoms with Gasteiger partial charge in [-0.2, -0.15) is 0 Å². The van der Waals surface area contributed by atoms with Crippen molar-refractivity contribution in [1.29, 1.82) is 0 Å². The van der Waals surface area contributed by atoms with Crippen LogP contribution in [0.15, 0.2) is 12.2 Å². The van der Waals surface area contributed by atoms with Crippen LogP contribution in [0.4, 0.5) is 8.78 Å². The molecule has 1 rings (SSSR count). The summed E-state index contributed by atoms with van der Waals surface area (Å²) in [6, 6.07) is 0. The van der Waals surface area contributed by atoms with Crippen LogP contribution in [0.2, 0.25) is 0 Å². The van der Waals surface area contributed by atoms with E-state index < -0.39 is 30.5 Å². The van der Waals surface area contributed by atoms with Crippen LogP contribution < -0.4 is 0 Å². The second-order valence-electron chi connectivity index (χ2n) is 5.41. The molecule has 19 heavy (non-hydrogen) atoms. The Bertz CT molecular complexity index is 334. The average Bonchev–Trinajstić information content (AvgIpc) is 2.80. The number of carbonyl (C=O) groups is 1. The first-order chi connectivity index (χ1) is 8.74. The van der Waals surface area contributed by atoms with E-state index in [0.717, 1.165) is 32.6 Å². The van der Waals surface area contributed by atoms with Crippen molar-refractivity contribution in [2.45, 2.75) is 64.1 Å². The van der Waals surface area contributed by atoms with E-state index in [4.69, 9.17) is 9.84 Å². The maximum Gasteiger partial charge on any atom is 0.333 e. The van der Waals surface area contributed by atoms with Crippen molar-refractivity contribution in [1.82, 2.24) is 0 Å². The van der Waals surface area contributed by atoms with Crippen LogP contribution in [0.3, 0.4) is 0 Å². The topological polar surface area (TPSA) is 46.5 Å². The molecule has 2 atom stereocenters. The van der Waals surface area contributed by atoms with Crippen molar-refractivity contribution in [2.24, 2.45) is 5.92 Å². The maximum atomic E-state index is 13.6. The van der Waals surface area contributed by atoms with Crippen LogP contribution in [-0.4, -0.2) is 29.2 Å². The molecule has 1 fully saturated rings. The summed E-state index contributed by atoms with van der Waals surface area (Å²) in [6.07, 6.45) is 0.261. The predicted octanol–water partition coefficient (Wildman–Crippen LogP) is 3.07.